The lowest BCUT2D eigenvalue weighted by molar-refractivity contribution is 0.0664. The molecule has 1 aliphatic heterocycles. The molecule has 2 heterocycles. The third kappa shape index (κ3) is 4.83. The summed E-state index contributed by atoms with van der Waals surface area (Å²) in [4.78, 5) is 28.3. The first-order chi connectivity index (χ1) is 13.3. The first-order valence-electron chi connectivity index (χ1n) is 9.57. The van der Waals surface area contributed by atoms with Crippen LogP contribution in [0.1, 0.15) is 27.2 Å². The van der Waals surface area contributed by atoms with Gasteiger partial charge in [0.25, 0.3) is 5.91 Å². The van der Waals surface area contributed by atoms with Gasteiger partial charge in [-0.05, 0) is 38.6 Å². The second kappa shape index (κ2) is 8.92. The molecule has 0 unspecified atom stereocenters. The topological polar surface area (TPSA) is 52.6 Å². The Morgan fingerprint density at radius 3 is 2.54 bits per heavy atom. The molecule has 1 amide bonds. The fourth-order valence-corrected chi connectivity index (χ4v) is 4.05. The minimum Gasteiger partial charge on any atom is -0.362 e. The van der Waals surface area contributed by atoms with Crippen molar-refractivity contribution in [1.29, 1.82) is 0 Å². The van der Waals surface area contributed by atoms with Gasteiger partial charge in [-0.2, -0.15) is 0 Å². The highest BCUT2D eigenvalue weighted by Crippen LogP contribution is 2.25. The zero-order chi connectivity index (χ0) is 20.3. The second-order valence-electron chi connectivity index (χ2n) is 7.52. The van der Waals surface area contributed by atoms with Crippen LogP contribution < -0.4 is 4.90 Å². The Balaban J connectivity index is 1.69. The summed E-state index contributed by atoms with van der Waals surface area (Å²) in [6.07, 6.45) is 0. The number of aryl methyl sites for hydroxylation is 1. The van der Waals surface area contributed by atoms with Gasteiger partial charge in [0.15, 0.2) is 5.16 Å². The molecule has 3 rings (SSSR count). The lowest BCUT2D eigenvalue weighted by Crippen LogP contribution is -2.47. The predicted molar refractivity (Wildman–Crippen MR) is 115 cm³/mol. The van der Waals surface area contributed by atoms with Gasteiger partial charge < -0.3 is 14.7 Å². The van der Waals surface area contributed by atoms with E-state index < -0.39 is 0 Å². The van der Waals surface area contributed by atoms with E-state index in [1.165, 1.54) is 0 Å². The van der Waals surface area contributed by atoms with Crippen molar-refractivity contribution in [1.82, 2.24) is 19.8 Å². The summed E-state index contributed by atoms with van der Waals surface area (Å²) in [5.74, 6) is 1.81. The number of carbonyl (C=O) groups excluding carboxylic acids is 1. The molecular formula is C21H29N5OS. The summed E-state index contributed by atoms with van der Waals surface area (Å²) in [5, 5.41) is 0.766. The highest BCUT2D eigenvalue weighted by Gasteiger charge is 2.20. The maximum absolute atomic E-state index is 12.8. The van der Waals surface area contributed by atoms with Gasteiger partial charge in [0.1, 0.15) is 5.82 Å². The normalized spacial score (nSPS) is 15.0. The number of likely N-dealkylation sites (N-methyl/N-ethyl adjacent to an activating group) is 1. The molecule has 1 fully saturated rings. The number of benzene rings is 1. The maximum atomic E-state index is 12.8. The number of rotatable bonds is 5. The average Bonchev–Trinajstić information content (AvgIpc) is 2.68. The number of thioether (sulfide) groups is 1. The van der Waals surface area contributed by atoms with Crippen molar-refractivity contribution in [2.45, 2.75) is 24.8 Å². The number of hydrogen-bond donors (Lipinski definition) is 0. The number of carbonyl (C=O) groups is 1. The molecule has 28 heavy (non-hydrogen) atoms. The van der Waals surface area contributed by atoms with Crippen LogP contribution in [0.25, 0.3) is 0 Å². The summed E-state index contributed by atoms with van der Waals surface area (Å²) in [6, 6.07) is 7.93. The fraction of sp³-hybridized carbons (Fsp3) is 0.476. The third-order valence-corrected chi connectivity index (χ3v) is 6.02. The van der Waals surface area contributed by atoms with E-state index in [-0.39, 0.29) is 5.91 Å². The van der Waals surface area contributed by atoms with E-state index in [0.717, 1.165) is 65.3 Å². The van der Waals surface area contributed by atoms with Crippen molar-refractivity contribution in [3.05, 3.63) is 46.6 Å². The number of amides is 1. The molecule has 2 aromatic rings. The molecule has 0 spiro atoms. The van der Waals surface area contributed by atoms with Gasteiger partial charge in [0.05, 0.1) is 0 Å². The zero-order valence-corrected chi connectivity index (χ0v) is 18.2. The van der Waals surface area contributed by atoms with Gasteiger partial charge in [-0.3, -0.25) is 4.79 Å². The third-order valence-electron chi connectivity index (χ3n) is 5.10. The molecule has 0 radical (unpaired) electrons. The Labute approximate surface area is 172 Å². The molecule has 6 nitrogen and oxygen atoms in total. The smallest absolute Gasteiger partial charge is 0.253 e. The van der Waals surface area contributed by atoms with Crippen molar-refractivity contribution in [2.75, 3.05) is 52.2 Å². The molecule has 1 saturated heterocycles. The minimum atomic E-state index is 0.122. The van der Waals surface area contributed by atoms with E-state index in [1.807, 2.05) is 55.9 Å². The standard InChI is InChI=1S/C21H29N5OS/c1-15-16(2)22-21(23-19(15)24(3)4)28-14-17-7-6-8-18(13-17)20(27)26-11-9-25(5)10-12-26/h6-8,13H,9-12,14H2,1-5H3. The van der Waals surface area contributed by atoms with Gasteiger partial charge in [-0.25, -0.2) is 9.97 Å². The molecule has 1 aromatic heterocycles. The molecule has 1 aromatic carbocycles. The molecule has 0 bridgehead atoms. The van der Waals surface area contributed by atoms with Crippen LogP contribution in [0.4, 0.5) is 5.82 Å². The van der Waals surface area contributed by atoms with E-state index in [1.54, 1.807) is 11.8 Å². The van der Waals surface area contributed by atoms with Crippen LogP contribution in [0.15, 0.2) is 29.4 Å². The monoisotopic (exact) mass is 399 g/mol. The molecular weight excluding hydrogens is 370 g/mol. The van der Waals surface area contributed by atoms with Crippen LogP contribution in [0.5, 0.6) is 0 Å². The molecule has 0 aliphatic carbocycles. The first kappa shape index (κ1) is 20.6. The molecule has 150 valence electrons. The van der Waals surface area contributed by atoms with Gasteiger partial charge in [-0.1, -0.05) is 23.9 Å². The van der Waals surface area contributed by atoms with E-state index in [4.69, 9.17) is 0 Å². The average molecular weight is 400 g/mol. The Kier molecular flexibility index (Phi) is 6.57. The largest absolute Gasteiger partial charge is 0.362 e. The number of hydrogen-bond acceptors (Lipinski definition) is 6. The SMILES string of the molecule is Cc1nc(SCc2cccc(C(=O)N3CCN(C)CC3)c2)nc(N(C)C)c1C. The molecule has 7 heteroatoms. The molecule has 0 N–H and O–H groups in total. The fourth-order valence-electron chi connectivity index (χ4n) is 3.22. The van der Waals surface area contributed by atoms with Crippen LogP contribution in [0, 0.1) is 13.8 Å². The summed E-state index contributed by atoms with van der Waals surface area (Å²) in [5.41, 5.74) is 3.98. The van der Waals surface area contributed by atoms with Crippen molar-refractivity contribution < 1.29 is 4.79 Å². The Hall–Kier alpha value is -2.12. The number of nitrogens with zero attached hydrogens (tertiary/aromatic N) is 5. The lowest BCUT2D eigenvalue weighted by atomic mass is 10.1. The van der Waals surface area contributed by atoms with E-state index in [9.17, 15) is 4.79 Å². The van der Waals surface area contributed by atoms with Crippen LogP contribution in [0.2, 0.25) is 0 Å². The minimum absolute atomic E-state index is 0.122. The number of aromatic nitrogens is 2. The van der Waals surface area contributed by atoms with Gasteiger partial charge in [0, 0.05) is 62.8 Å². The van der Waals surface area contributed by atoms with Crippen LogP contribution >= 0.6 is 11.8 Å². The highest BCUT2D eigenvalue weighted by molar-refractivity contribution is 7.98. The van der Waals surface area contributed by atoms with E-state index in [0.29, 0.717) is 0 Å². The molecule has 1 aliphatic rings. The quantitative estimate of drug-likeness (QED) is 0.569. The van der Waals surface area contributed by atoms with Crippen molar-refractivity contribution in [2.24, 2.45) is 0 Å². The first-order valence-corrected chi connectivity index (χ1v) is 10.6. The predicted octanol–water partition coefficient (Wildman–Crippen LogP) is 2.84. The summed E-state index contributed by atoms with van der Waals surface area (Å²) >= 11 is 1.60. The van der Waals surface area contributed by atoms with Crippen molar-refractivity contribution >= 4 is 23.5 Å². The van der Waals surface area contributed by atoms with Crippen molar-refractivity contribution in [3.8, 4) is 0 Å². The Bertz CT molecular complexity index is 847. The van der Waals surface area contributed by atoms with Crippen LogP contribution in [-0.2, 0) is 5.75 Å². The Morgan fingerprint density at radius 2 is 1.86 bits per heavy atom. The molecule has 0 saturated carbocycles. The summed E-state index contributed by atoms with van der Waals surface area (Å²) < 4.78 is 0. The zero-order valence-electron chi connectivity index (χ0n) is 17.4. The van der Waals surface area contributed by atoms with Crippen LogP contribution in [-0.4, -0.2) is 73.0 Å². The van der Waals surface area contributed by atoms with E-state index >= 15 is 0 Å². The summed E-state index contributed by atoms with van der Waals surface area (Å²) in [7, 11) is 6.09. The number of piperazine rings is 1. The number of anilines is 1. The van der Waals surface area contributed by atoms with Gasteiger partial charge in [-0.15, -0.1) is 0 Å². The van der Waals surface area contributed by atoms with Gasteiger partial charge in [0.2, 0.25) is 0 Å². The van der Waals surface area contributed by atoms with E-state index in [2.05, 4.69) is 28.0 Å². The lowest BCUT2D eigenvalue weighted by Gasteiger charge is -2.32. The Morgan fingerprint density at radius 1 is 1.14 bits per heavy atom. The van der Waals surface area contributed by atoms with Crippen molar-refractivity contribution in [3.63, 3.8) is 0 Å². The second-order valence-corrected chi connectivity index (χ2v) is 8.46. The van der Waals surface area contributed by atoms with Crippen LogP contribution in [0.3, 0.4) is 0 Å². The molecule has 0 atom stereocenters. The highest BCUT2D eigenvalue weighted by atomic mass is 32.2. The summed E-state index contributed by atoms with van der Waals surface area (Å²) in [6.45, 7) is 7.51. The maximum Gasteiger partial charge on any atom is 0.253 e. The van der Waals surface area contributed by atoms with Gasteiger partial charge >= 0.3 is 0 Å².